The lowest BCUT2D eigenvalue weighted by Crippen LogP contribution is -1.99. The summed E-state index contributed by atoms with van der Waals surface area (Å²) in [6.07, 6.45) is 3.04. The first-order valence-electron chi connectivity index (χ1n) is 2.62. The zero-order chi connectivity index (χ0) is 6.41. The molecule has 0 aromatic heterocycles. The summed E-state index contributed by atoms with van der Waals surface area (Å²) in [6, 6.07) is 0. The predicted molar refractivity (Wildman–Crippen MR) is 40.3 cm³/mol. The fourth-order valence-corrected chi connectivity index (χ4v) is 0.865. The van der Waals surface area contributed by atoms with Crippen LogP contribution in [0.25, 0.3) is 0 Å². The zero-order valence-electron chi connectivity index (χ0n) is 5.56. The highest BCUT2D eigenvalue weighted by Gasteiger charge is 1.87. The van der Waals surface area contributed by atoms with Crippen molar-refractivity contribution in [1.29, 1.82) is 0 Å². The predicted octanol–water partition coefficient (Wildman–Crippen LogP) is 1.29. The van der Waals surface area contributed by atoms with Gasteiger partial charge in [0.25, 0.3) is 0 Å². The summed E-state index contributed by atoms with van der Waals surface area (Å²) >= 11 is 1.68. The molecule has 0 saturated heterocycles. The first kappa shape index (κ1) is 7.82. The topological polar surface area (TPSA) is 24.4 Å². The van der Waals surface area contributed by atoms with Crippen LogP contribution in [0.2, 0.25) is 0 Å². The molecule has 0 aliphatic heterocycles. The molecule has 8 heavy (non-hydrogen) atoms. The number of hydrogen-bond donors (Lipinski definition) is 1. The molecule has 0 amide bonds. The molecular weight excluding hydrogens is 120 g/mol. The van der Waals surface area contributed by atoms with Gasteiger partial charge in [-0.2, -0.15) is 5.10 Å². The van der Waals surface area contributed by atoms with Crippen LogP contribution in [0.5, 0.6) is 0 Å². The fourth-order valence-electron chi connectivity index (χ4n) is 0.394. The summed E-state index contributed by atoms with van der Waals surface area (Å²) in [5.41, 5.74) is 2.74. The lowest BCUT2D eigenvalue weighted by Gasteiger charge is -1.94. The molecule has 1 N–H and O–H groups in total. The Kier molecular flexibility index (Phi) is 4.85. The minimum Gasteiger partial charge on any atom is -0.312 e. The third-order valence-corrected chi connectivity index (χ3v) is 1.63. The molecule has 0 aromatic rings. The number of nitrogens with zero attached hydrogens (tertiary/aromatic N) is 1. The lowest BCUT2D eigenvalue weighted by molar-refractivity contribution is 0.899. The molecule has 0 aromatic carbocycles. The molecule has 0 atom stereocenters. The van der Waals surface area contributed by atoms with Gasteiger partial charge in [0.05, 0.1) is 5.04 Å². The maximum absolute atomic E-state index is 3.99. The van der Waals surface area contributed by atoms with Crippen molar-refractivity contribution in [1.82, 2.24) is 5.43 Å². The Morgan fingerprint density at radius 2 is 2.38 bits per heavy atom. The van der Waals surface area contributed by atoms with E-state index < -0.39 is 0 Å². The van der Waals surface area contributed by atoms with Gasteiger partial charge in [0.1, 0.15) is 0 Å². The van der Waals surface area contributed by atoms with Gasteiger partial charge in [0.2, 0.25) is 0 Å². The van der Waals surface area contributed by atoms with E-state index in [2.05, 4.69) is 17.5 Å². The molecule has 0 unspecified atom stereocenters. The highest BCUT2D eigenvalue weighted by molar-refractivity contribution is 8.13. The molecule has 0 saturated carbocycles. The first-order chi connectivity index (χ1) is 3.85. The SMILES string of the molecule is CCC(=NNC)SC. The quantitative estimate of drug-likeness (QED) is 0.348. The largest absolute Gasteiger partial charge is 0.312 e. The Bertz CT molecular complexity index is 74.5. The Hall–Kier alpha value is -0.180. The summed E-state index contributed by atoms with van der Waals surface area (Å²) in [5.74, 6) is 0. The van der Waals surface area contributed by atoms with Crippen molar-refractivity contribution < 1.29 is 0 Å². The highest BCUT2D eigenvalue weighted by atomic mass is 32.2. The van der Waals surface area contributed by atoms with Gasteiger partial charge in [-0.25, -0.2) is 0 Å². The molecule has 0 rings (SSSR count). The van der Waals surface area contributed by atoms with E-state index in [1.54, 1.807) is 11.8 Å². The van der Waals surface area contributed by atoms with Gasteiger partial charge in [0.15, 0.2) is 0 Å². The molecule has 0 aliphatic rings. The summed E-state index contributed by atoms with van der Waals surface area (Å²) in [4.78, 5) is 0. The third kappa shape index (κ3) is 2.91. The summed E-state index contributed by atoms with van der Waals surface area (Å²) in [7, 11) is 1.81. The second-order valence-corrected chi connectivity index (χ2v) is 2.17. The average molecular weight is 132 g/mol. The van der Waals surface area contributed by atoms with E-state index >= 15 is 0 Å². The number of hydrazone groups is 1. The first-order valence-corrected chi connectivity index (χ1v) is 3.84. The third-order valence-electron chi connectivity index (χ3n) is 0.775. The van der Waals surface area contributed by atoms with E-state index in [9.17, 15) is 0 Å². The van der Waals surface area contributed by atoms with Crippen LogP contribution >= 0.6 is 11.8 Å². The number of hydrogen-bond acceptors (Lipinski definition) is 3. The van der Waals surface area contributed by atoms with Crippen molar-refractivity contribution in [3.63, 3.8) is 0 Å². The number of thioether (sulfide) groups is 1. The number of rotatable bonds is 2. The summed E-state index contributed by atoms with van der Waals surface area (Å²) in [6.45, 7) is 2.09. The normalized spacial score (nSPS) is 11.6. The van der Waals surface area contributed by atoms with Crippen LogP contribution in [0.4, 0.5) is 0 Å². The van der Waals surface area contributed by atoms with E-state index in [4.69, 9.17) is 0 Å². The van der Waals surface area contributed by atoms with Crippen molar-refractivity contribution in [2.75, 3.05) is 13.3 Å². The monoisotopic (exact) mass is 132 g/mol. The van der Waals surface area contributed by atoms with E-state index in [0.717, 1.165) is 11.5 Å². The summed E-state index contributed by atoms with van der Waals surface area (Å²) in [5, 5.41) is 5.14. The van der Waals surface area contributed by atoms with Gasteiger partial charge < -0.3 is 5.43 Å². The van der Waals surface area contributed by atoms with E-state index in [0.29, 0.717) is 0 Å². The van der Waals surface area contributed by atoms with Crippen LogP contribution in [0.1, 0.15) is 13.3 Å². The van der Waals surface area contributed by atoms with Crippen molar-refractivity contribution in [2.45, 2.75) is 13.3 Å². The van der Waals surface area contributed by atoms with Gasteiger partial charge in [-0.05, 0) is 12.7 Å². The van der Waals surface area contributed by atoms with Crippen LogP contribution in [-0.4, -0.2) is 18.3 Å². The van der Waals surface area contributed by atoms with Gasteiger partial charge in [-0.15, -0.1) is 11.8 Å². The van der Waals surface area contributed by atoms with Gasteiger partial charge in [0, 0.05) is 7.05 Å². The second-order valence-electron chi connectivity index (χ2n) is 1.29. The molecule has 0 heterocycles. The molecule has 0 bridgehead atoms. The van der Waals surface area contributed by atoms with E-state index in [1.165, 1.54) is 0 Å². The zero-order valence-corrected chi connectivity index (χ0v) is 6.38. The molecule has 48 valence electrons. The summed E-state index contributed by atoms with van der Waals surface area (Å²) < 4.78 is 0. The van der Waals surface area contributed by atoms with Crippen LogP contribution in [0.3, 0.4) is 0 Å². The van der Waals surface area contributed by atoms with E-state index in [1.807, 2.05) is 13.3 Å². The van der Waals surface area contributed by atoms with Gasteiger partial charge in [-0.1, -0.05) is 6.92 Å². The van der Waals surface area contributed by atoms with Crippen molar-refractivity contribution in [2.24, 2.45) is 5.10 Å². The minimum absolute atomic E-state index is 1.02. The van der Waals surface area contributed by atoms with Crippen LogP contribution in [-0.2, 0) is 0 Å². The Labute approximate surface area is 54.7 Å². The molecule has 0 aliphatic carbocycles. The van der Waals surface area contributed by atoms with Gasteiger partial charge >= 0.3 is 0 Å². The second kappa shape index (κ2) is 4.97. The fraction of sp³-hybridized carbons (Fsp3) is 0.800. The molecule has 0 spiro atoms. The smallest absolute Gasteiger partial charge is 0.0925 e. The van der Waals surface area contributed by atoms with E-state index in [-0.39, 0.29) is 0 Å². The minimum atomic E-state index is 1.02. The Morgan fingerprint density at radius 1 is 1.75 bits per heavy atom. The molecule has 0 radical (unpaired) electrons. The molecule has 3 heteroatoms. The number of nitrogens with one attached hydrogen (secondary N) is 1. The maximum Gasteiger partial charge on any atom is 0.0925 e. The van der Waals surface area contributed by atoms with Crippen molar-refractivity contribution >= 4 is 16.8 Å². The van der Waals surface area contributed by atoms with Gasteiger partial charge in [-0.3, -0.25) is 0 Å². The Balaban J connectivity index is 3.49. The van der Waals surface area contributed by atoms with Crippen molar-refractivity contribution in [3.8, 4) is 0 Å². The highest BCUT2D eigenvalue weighted by Crippen LogP contribution is 1.99. The molecule has 0 fully saturated rings. The van der Waals surface area contributed by atoms with Crippen molar-refractivity contribution in [3.05, 3.63) is 0 Å². The Morgan fingerprint density at radius 3 is 2.50 bits per heavy atom. The maximum atomic E-state index is 3.99. The standard InChI is InChI=1S/C5H12N2S/c1-4-5(8-3)7-6-2/h6H,4H2,1-3H3. The van der Waals surface area contributed by atoms with Crippen LogP contribution in [0, 0.1) is 0 Å². The van der Waals surface area contributed by atoms with Crippen LogP contribution in [0.15, 0.2) is 5.10 Å². The molecule has 2 nitrogen and oxygen atoms in total. The lowest BCUT2D eigenvalue weighted by atomic mass is 10.5. The van der Waals surface area contributed by atoms with Crippen LogP contribution < -0.4 is 5.43 Å². The molecular formula is C5H12N2S. The average Bonchev–Trinajstić information content (AvgIpc) is 1.83.